The van der Waals surface area contributed by atoms with Crippen molar-refractivity contribution in [3.8, 4) is 17.2 Å². The maximum absolute atomic E-state index is 10.8. The average Bonchev–Trinajstić information content (AvgIpc) is 2.93. The Morgan fingerprint density at radius 3 is 2.71 bits per heavy atom. The molecule has 3 rings (SSSR count). The Hall–Kier alpha value is -2.80. The Balaban J connectivity index is 2.01. The highest BCUT2D eigenvalue weighted by atomic mass is 35.5. The van der Waals surface area contributed by atoms with Gasteiger partial charge >= 0.3 is 0 Å². The molecule has 0 aliphatic rings. The Labute approximate surface area is 142 Å². The maximum atomic E-state index is 10.8. The zero-order valence-electron chi connectivity index (χ0n) is 12.9. The molecule has 3 aromatic rings. The lowest BCUT2D eigenvalue weighted by Crippen LogP contribution is -1.98. The third kappa shape index (κ3) is 2.85. The van der Waals surface area contributed by atoms with Crippen molar-refractivity contribution in [3.05, 3.63) is 51.8 Å². The molecule has 0 radical (unpaired) electrons. The molecule has 0 fully saturated rings. The lowest BCUT2D eigenvalue weighted by Gasteiger charge is -2.11. The number of hydrogen-bond acceptors (Lipinski definition) is 5. The van der Waals surface area contributed by atoms with Crippen LogP contribution in [0.3, 0.4) is 0 Å². The summed E-state index contributed by atoms with van der Waals surface area (Å²) in [4.78, 5) is 14.5. The monoisotopic (exact) mass is 347 g/mol. The van der Waals surface area contributed by atoms with E-state index >= 15 is 0 Å². The van der Waals surface area contributed by atoms with E-state index in [0.717, 1.165) is 23.2 Å². The summed E-state index contributed by atoms with van der Waals surface area (Å²) < 4.78 is 7.63. The normalized spacial score (nSPS) is 11.2. The van der Waals surface area contributed by atoms with Crippen molar-refractivity contribution >= 4 is 28.3 Å². The number of non-ortho nitro benzene ring substituents is 1. The van der Waals surface area contributed by atoms with Gasteiger partial charge < -0.3 is 14.4 Å². The van der Waals surface area contributed by atoms with Crippen LogP contribution in [0, 0.1) is 10.1 Å². The first kappa shape index (κ1) is 16.1. The first-order valence-electron chi connectivity index (χ1n) is 7.18. The molecule has 0 aliphatic heterocycles. The van der Waals surface area contributed by atoms with E-state index in [1.807, 2.05) is 18.4 Å². The predicted octanol–water partition coefficient (Wildman–Crippen LogP) is 4.68. The number of phenolic OH excluding ortho intramolecular Hbond substituents is 1. The van der Waals surface area contributed by atoms with Gasteiger partial charge in [0.2, 0.25) is 0 Å². The number of benzene rings is 2. The quantitative estimate of drug-likeness (QED) is 0.546. The smallest absolute Gasteiger partial charge is 0.274 e. The van der Waals surface area contributed by atoms with Crippen molar-refractivity contribution in [2.75, 3.05) is 0 Å². The predicted molar refractivity (Wildman–Crippen MR) is 90.0 cm³/mol. The fraction of sp³-hybridized carbons (Fsp3) is 0.188. The molecule has 0 atom stereocenters. The van der Waals surface area contributed by atoms with Gasteiger partial charge in [-0.25, -0.2) is 4.98 Å². The average molecular weight is 348 g/mol. The van der Waals surface area contributed by atoms with Crippen LogP contribution in [0.4, 0.5) is 5.69 Å². The summed E-state index contributed by atoms with van der Waals surface area (Å²) in [6, 6.07) is 7.61. The van der Waals surface area contributed by atoms with E-state index in [2.05, 4.69) is 4.98 Å². The van der Waals surface area contributed by atoms with E-state index in [1.165, 1.54) is 0 Å². The molecule has 0 saturated carbocycles. The minimum atomic E-state index is -0.636. The second-order valence-corrected chi connectivity index (χ2v) is 5.94. The van der Waals surface area contributed by atoms with Gasteiger partial charge in [-0.15, -0.1) is 0 Å². The summed E-state index contributed by atoms with van der Waals surface area (Å²) in [5, 5.41) is 20.7. The number of nitrogens with zero attached hydrogens (tertiary/aromatic N) is 3. The number of fused-ring (bicyclic) bond motifs is 1. The van der Waals surface area contributed by atoms with E-state index in [4.69, 9.17) is 16.3 Å². The second kappa shape index (κ2) is 6.01. The number of halogens is 1. The van der Waals surface area contributed by atoms with Crippen LogP contribution in [0.15, 0.2) is 36.7 Å². The third-order valence-corrected chi connectivity index (χ3v) is 3.82. The Bertz CT molecular complexity index is 913. The molecule has 0 unspecified atom stereocenters. The van der Waals surface area contributed by atoms with Crippen molar-refractivity contribution in [2.45, 2.75) is 19.9 Å². The Morgan fingerprint density at radius 2 is 2.08 bits per heavy atom. The fourth-order valence-corrected chi connectivity index (χ4v) is 2.62. The lowest BCUT2D eigenvalue weighted by atomic mass is 10.2. The number of ether oxygens (including phenoxy) is 1. The Kier molecular flexibility index (Phi) is 4.02. The van der Waals surface area contributed by atoms with Crippen LogP contribution in [0.5, 0.6) is 17.2 Å². The van der Waals surface area contributed by atoms with Crippen molar-refractivity contribution in [1.82, 2.24) is 9.55 Å². The van der Waals surface area contributed by atoms with E-state index in [9.17, 15) is 15.2 Å². The minimum absolute atomic E-state index is 0.0303. The standard InChI is InChI=1S/C16H14ClN3O4/c1-9(2)19-8-18-13-4-3-11(7-14(13)19)24-16-12(17)5-10(20(22)23)6-15(16)21/h3-9,21H,1-2H3. The van der Waals surface area contributed by atoms with Crippen LogP contribution in [0.2, 0.25) is 5.02 Å². The summed E-state index contributed by atoms with van der Waals surface area (Å²) in [7, 11) is 0. The number of aromatic nitrogens is 2. The highest BCUT2D eigenvalue weighted by molar-refractivity contribution is 6.32. The number of hydrogen-bond donors (Lipinski definition) is 1. The zero-order chi connectivity index (χ0) is 17.4. The van der Waals surface area contributed by atoms with E-state index in [1.54, 1.807) is 24.5 Å². The van der Waals surface area contributed by atoms with Gasteiger partial charge in [0, 0.05) is 18.2 Å². The third-order valence-electron chi connectivity index (χ3n) is 3.54. The molecule has 0 spiro atoms. The van der Waals surface area contributed by atoms with E-state index < -0.39 is 10.7 Å². The van der Waals surface area contributed by atoms with E-state index in [0.29, 0.717) is 5.75 Å². The molecule has 1 aromatic heterocycles. The molecular weight excluding hydrogens is 334 g/mol. The van der Waals surface area contributed by atoms with Gasteiger partial charge in [0.1, 0.15) is 5.75 Å². The molecule has 1 heterocycles. The molecule has 7 nitrogen and oxygen atoms in total. The highest BCUT2D eigenvalue weighted by Crippen LogP contribution is 2.41. The van der Waals surface area contributed by atoms with Crippen LogP contribution in [0.25, 0.3) is 11.0 Å². The fourth-order valence-electron chi connectivity index (χ4n) is 2.37. The molecule has 8 heteroatoms. The van der Waals surface area contributed by atoms with Crippen molar-refractivity contribution in [2.24, 2.45) is 0 Å². The maximum Gasteiger partial charge on any atom is 0.274 e. The summed E-state index contributed by atoms with van der Waals surface area (Å²) in [5.74, 6) is 0.0137. The second-order valence-electron chi connectivity index (χ2n) is 5.53. The van der Waals surface area contributed by atoms with Crippen molar-refractivity contribution < 1.29 is 14.8 Å². The molecule has 0 bridgehead atoms. The van der Waals surface area contributed by atoms with Gasteiger partial charge in [0.15, 0.2) is 11.5 Å². The SMILES string of the molecule is CC(C)n1cnc2ccc(Oc3c(O)cc([N+](=O)[O-])cc3Cl)cc21. The first-order chi connectivity index (χ1) is 11.4. The topological polar surface area (TPSA) is 90.4 Å². The summed E-state index contributed by atoms with van der Waals surface area (Å²) >= 11 is 6.00. The van der Waals surface area contributed by atoms with Crippen molar-refractivity contribution in [1.29, 1.82) is 0 Å². The number of nitro benzene ring substituents is 1. The lowest BCUT2D eigenvalue weighted by molar-refractivity contribution is -0.384. The van der Waals surface area contributed by atoms with Gasteiger partial charge in [0.05, 0.1) is 33.4 Å². The molecule has 0 saturated heterocycles. The van der Waals surface area contributed by atoms with Crippen LogP contribution in [-0.4, -0.2) is 19.6 Å². The van der Waals surface area contributed by atoms with Crippen LogP contribution in [-0.2, 0) is 0 Å². The van der Waals surface area contributed by atoms with Gasteiger partial charge in [-0.05, 0) is 26.0 Å². The number of rotatable bonds is 4. The zero-order valence-corrected chi connectivity index (χ0v) is 13.7. The highest BCUT2D eigenvalue weighted by Gasteiger charge is 2.17. The van der Waals surface area contributed by atoms with Crippen LogP contribution < -0.4 is 4.74 Å². The van der Waals surface area contributed by atoms with Gasteiger partial charge in [-0.3, -0.25) is 10.1 Å². The molecule has 1 N–H and O–H groups in total. The van der Waals surface area contributed by atoms with E-state index in [-0.39, 0.29) is 22.5 Å². The van der Waals surface area contributed by atoms with Gasteiger partial charge in [0.25, 0.3) is 5.69 Å². The molecule has 124 valence electrons. The van der Waals surface area contributed by atoms with Crippen molar-refractivity contribution in [3.63, 3.8) is 0 Å². The molecular formula is C16H14ClN3O4. The minimum Gasteiger partial charge on any atom is -0.504 e. The number of aromatic hydroxyl groups is 1. The molecule has 0 amide bonds. The van der Waals surface area contributed by atoms with Crippen LogP contribution >= 0.6 is 11.6 Å². The number of phenols is 1. The summed E-state index contributed by atoms with van der Waals surface area (Å²) in [5.41, 5.74) is 1.38. The van der Waals surface area contributed by atoms with Gasteiger partial charge in [-0.1, -0.05) is 11.6 Å². The molecule has 0 aliphatic carbocycles. The summed E-state index contributed by atoms with van der Waals surface area (Å²) in [6.07, 6.45) is 1.75. The first-order valence-corrected chi connectivity index (χ1v) is 7.56. The number of imidazole rings is 1. The number of nitro groups is 1. The van der Waals surface area contributed by atoms with Crippen LogP contribution in [0.1, 0.15) is 19.9 Å². The Morgan fingerprint density at radius 1 is 1.33 bits per heavy atom. The molecule has 24 heavy (non-hydrogen) atoms. The molecule has 2 aromatic carbocycles. The van der Waals surface area contributed by atoms with Gasteiger partial charge in [-0.2, -0.15) is 0 Å². The summed E-state index contributed by atoms with van der Waals surface area (Å²) in [6.45, 7) is 4.07. The largest absolute Gasteiger partial charge is 0.504 e.